The number of ether oxygens (including phenoxy) is 4. The van der Waals surface area contributed by atoms with Crippen molar-refractivity contribution in [2.45, 2.75) is 26.7 Å². The van der Waals surface area contributed by atoms with Crippen LogP contribution in [0.2, 0.25) is 0 Å². The van der Waals surface area contributed by atoms with E-state index in [-0.39, 0.29) is 5.91 Å². The third-order valence-electron chi connectivity index (χ3n) is 6.12. The molecule has 36 heavy (non-hydrogen) atoms. The molecular weight excluding hydrogens is 460 g/mol. The van der Waals surface area contributed by atoms with E-state index in [1.54, 1.807) is 46.6 Å². The Morgan fingerprint density at radius 2 is 1.64 bits per heavy atom. The van der Waals surface area contributed by atoms with Gasteiger partial charge in [-0.2, -0.15) is 5.10 Å². The summed E-state index contributed by atoms with van der Waals surface area (Å²) in [4.78, 5) is 17.4. The number of amides is 1. The minimum Gasteiger partial charge on any atom is -0.497 e. The Hall–Kier alpha value is -4.27. The van der Waals surface area contributed by atoms with Gasteiger partial charge in [0.1, 0.15) is 11.5 Å². The molecule has 0 saturated carbocycles. The molecule has 4 aromatic rings. The van der Waals surface area contributed by atoms with Gasteiger partial charge in [0.25, 0.3) is 0 Å². The molecule has 2 aromatic heterocycles. The Bertz CT molecular complexity index is 1410. The van der Waals surface area contributed by atoms with Crippen molar-refractivity contribution < 1.29 is 23.7 Å². The number of nitrogens with one attached hydrogen (secondary N) is 1. The van der Waals surface area contributed by atoms with E-state index < -0.39 is 0 Å². The van der Waals surface area contributed by atoms with Crippen LogP contribution >= 0.6 is 0 Å². The van der Waals surface area contributed by atoms with Crippen LogP contribution in [0.1, 0.15) is 23.4 Å². The maximum atomic E-state index is 12.7. The van der Waals surface area contributed by atoms with Crippen LogP contribution in [0.15, 0.2) is 42.5 Å². The highest BCUT2D eigenvalue weighted by atomic mass is 16.5. The van der Waals surface area contributed by atoms with Gasteiger partial charge in [-0.3, -0.25) is 4.79 Å². The van der Waals surface area contributed by atoms with Crippen LogP contribution in [-0.4, -0.2) is 48.9 Å². The maximum Gasteiger partial charge on any atom is 0.224 e. The summed E-state index contributed by atoms with van der Waals surface area (Å²) in [5.74, 6) is 2.43. The molecule has 188 valence electrons. The number of fused-ring (bicyclic) bond motifs is 1. The van der Waals surface area contributed by atoms with Crippen molar-refractivity contribution in [1.29, 1.82) is 0 Å². The molecule has 0 fully saturated rings. The number of hydrogen-bond donors (Lipinski definition) is 1. The number of methoxy groups -OCH3 is 4. The van der Waals surface area contributed by atoms with Crippen LogP contribution in [0.4, 0.5) is 5.69 Å². The van der Waals surface area contributed by atoms with Crippen LogP contribution in [0, 0.1) is 13.8 Å². The van der Waals surface area contributed by atoms with Crippen molar-refractivity contribution in [1.82, 2.24) is 14.6 Å². The summed E-state index contributed by atoms with van der Waals surface area (Å²) in [6.07, 6.45) is 0.824. The van der Waals surface area contributed by atoms with Gasteiger partial charge < -0.3 is 24.3 Å². The summed E-state index contributed by atoms with van der Waals surface area (Å²) in [6, 6.07) is 12.8. The summed E-state index contributed by atoms with van der Waals surface area (Å²) in [6.45, 7) is 3.94. The first-order chi connectivity index (χ1) is 17.4. The van der Waals surface area contributed by atoms with Crippen molar-refractivity contribution >= 4 is 17.2 Å². The standard InChI is InChI=1S/C27H30N4O5/c1-16-20(10-12-27(32)29-18-7-11-23(34-4)25(13-18)36-6)17(2)31-26(28-16)15-22(30-31)21-9-8-19(33-3)14-24(21)35-5/h7-9,11,13-15H,10,12H2,1-6H3,(H,29,32). The molecule has 0 atom stereocenters. The number of benzene rings is 2. The van der Waals surface area contributed by atoms with Crippen LogP contribution < -0.4 is 24.3 Å². The molecule has 0 radical (unpaired) electrons. The van der Waals surface area contributed by atoms with Crippen LogP contribution in [0.25, 0.3) is 16.9 Å². The van der Waals surface area contributed by atoms with E-state index in [1.165, 1.54) is 0 Å². The summed E-state index contributed by atoms with van der Waals surface area (Å²) in [5.41, 5.74) is 5.76. The fraction of sp³-hybridized carbons (Fsp3) is 0.296. The second-order valence-electron chi connectivity index (χ2n) is 8.24. The number of nitrogens with zero attached hydrogens (tertiary/aromatic N) is 3. The monoisotopic (exact) mass is 490 g/mol. The molecule has 0 unspecified atom stereocenters. The SMILES string of the molecule is COc1ccc(-c2cc3nc(C)c(CCC(=O)Nc4ccc(OC)c(OC)c4)c(C)n3n2)c(OC)c1. The quantitative estimate of drug-likeness (QED) is 0.366. The summed E-state index contributed by atoms with van der Waals surface area (Å²) in [5, 5.41) is 7.71. The van der Waals surface area contributed by atoms with Gasteiger partial charge >= 0.3 is 0 Å². The highest BCUT2D eigenvalue weighted by molar-refractivity contribution is 5.91. The zero-order valence-electron chi connectivity index (χ0n) is 21.3. The molecule has 0 aliphatic rings. The van der Waals surface area contributed by atoms with E-state index in [1.807, 2.05) is 42.6 Å². The van der Waals surface area contributed by atoms with Crippen LogP contribution in [0.5, 0.6) is 23.0 Å². The number of carbonyl (C=O) groups excluding carboxylic acids is 1. The molecule has 9 nitrogen and oxygen atoms in total. The molecule has 0 spiro atoms. The van der Waals surface area contributed by atoms with Gasteiger partial charge in [-0.15, -0.1) is 0 Å². The Morgan fingerprint density at radius 1 is 0.889 bits per heavy atom. The summed E-state index contributed by atoms with van der Waals surface area (Å²) >= 11 is 0. The Kier molecular flexibility index (Phi) is 7.28. The normalized spacial score (nSPS) is 10.8. The molecule has 9 heteroatoms. The van der Waals surface area contributed by atoms with Crippen LogP contribution in [0.3, 0.4) is 0 Å². The number of carbonyl (C=O) groups is 1. The molecule has 2 aromatic carbocycles. The number of hydrogen-bond acceptors (Lipinski definition) is 7. The minimum atomic E-state index is -0.106. The maximum absolute atomic E-state index is 12.7. The van der Waals surface area contributed by atoms with Crippen LogP contribution in [-0.2, 0) is 11.2 Å². The number of anilines is 1. The zero-order valence-corrected chi connectivity index (χ0v) is 21.3. The molecule has 2 heterocycles. The molecule has 0 bridgehead atoms. The van der Waals surface area contributed by atoms with E-state index in [2.05, 4.69) is 5.32 Å². The Labute approximate surface area is 210 Å². The third-order valence-corrected chi connectivity index (χ3v) is 6.12. The summed E-state index contributed by atoms with van der Waals surface area (Å²) in [7, 11) is 6.36. The van der Waals surface area contributed by atoms with Crippen molar-refractivity contribution in [2.75, 3.05) is 33.8 Å². The predicted molar refractivity (Wildman–Crippen MR) is 137 cm³/mol. The first-order valence-electron chi connectivity index (χ1n) is 11.5. The Balaban J connectivity index is 1.55. The molecule has 0 aliphatic carbocycles. The van der Waals surface area contributed by atoms with Gasteiger partial charge in [0.15, 0.2) is 17.1 Å². The number of aryl methyl sites for hydroxylation is 2. The van der Waals surface area contributed by atoms with Gasteiger partial charge in [0.2, 0.25) is 5.91 Å². The van der Waals surface area contributed by atoms with Gasteiger partial charge in [0, 0.05) is 47.3 Å². The number of rotatable bonds is 9. The lowest BCUT2D eigenvalue weighted by Gasteiger charge is -2.12. The largest absolute Gasteiger partial charge is 0.497 e. The summed E-state index contributed by atoms with van der Waals surface area (Å²) < 4.78 is 23.2. The lowest BCUT2D eigenvalue weighted by Crippen LogP contribution is -2.14. The molecule has 1 N–H and O–H groups in total. The first-order valence-corrected chi connectivity index (χ1v) is 11.5. The molecule has 0 aliphatic heterocycles. The van der Waals surface area contributed by atoms with Crippen molar-refractivity contribution in [3.05, 3.63) is 59.4 Å². The zero-order chi connectivity index (χ0) is 25.8. The fourth-order valence-corrected chi connectivity index (χ4v) is 4.21. The van der Waals surface area contributed by atoms with E-state index in [9.17, 15) is 4.79 Å². The lowest BCUT2D eigenvalue weighted by atomic mass is 10.1. The van der Waals surface area contributed by atoms with E-state index in [0.29, 0.717) is 41.5 Å². The van der Waals surface area contributed by atoms with Gasteiger partial charge in [-0.1, -0.05) is 0 Å². The van der Waals surface area contributed by atoms with Crippen molar-refractivity contribution in [3.8, 4) is 34.3 Å². The second kappa shape index (κ2) is 10.6. The van der Waals surface area contributed by atoms with Crippen molar-refractivity contribution in [3.63, 3.8) is 0 Å². The second-order valence-corrected chi connectivity index (χ2v) is 8.24. The van der Waals surface area contributed by atoms with E-state index in [0.717, 1.165) is 33.9 Å². The lowest BCUT2D eigenvalue weighted by molar-refractivity contribution is -0.116. The van der Waals surface area contributed by atoms with Crippen molar-refractivity contribution in [2.24, 2.45) is 0 Å². The number of aromatic nitrogens is 3. The highest BCUT2D eigenvalue weighted by Crippen LogP contribution is 2.33. The smallest absolute Gasteiger partial charge is 0.224 e. The minimum absolute atomic E-state index is 0.106. The third kappa shape index (κ3) is 4.91. The fourth-order valence-electron chi connectivity index (χ4n) is 4.21. The molecule has 1 amide bonds. The molecule has 4 rings (SSSR count). The average Bonchev–Trinajstić information content (AvgIpc) is 3.31. The van der Waals surface area contributed by atoms with E-state index in [4.69, 9.17) is 29.0 Å². The first kappa shape index (κ1) is 24.8. The molecular formula is C27H30N4O5. The van der Waals surface area contributed by atoms with Gasteiger partial charge in [-0.05, 0) is 50.1 Å². The van der Waals surface area contributed by atoms with Gasteiger partial charge in [-0.25, -0.2) is 9.50 Å². The van der Waals surface area contributed by atoms with Gasteiger partial charge in [0.05, 0.1) is 34.1 Å². The Morgan fingerprint density at radius 3 is 2.33 bits per heavy atom. The average molecular weight is 491 g/mol. The van der Waals surface area contributed by atoms with E-state index >= 15 is 0 Å². The molecule has 0 saturated heterocycles. The topological polar surface area (TPSA) is 96.2 Å². The highest BCUT2D eigenvalue weighted by Gasteiger charge is 2.17. The predicted octanol–water partition coefficient (Wildman–Crippen LogP) is 4.62.